The Morgan fingerprint density at radius 1 is 0.966 bits per heavy atom. The molecule has 1 saturated heterocycles. The van der Waals surface area contributed by atoms with Gasteiger partial charge in [-0.3, -0.25) is 0 Å². The maximum Gasteiger partial charge on any atom is 0.496 e. The van der Waals surface area contributed by atoms with E-state index in [2.05, 4.69) is 25.7 Å². The zero-order chi connectivity index (χ0) is 21.0. The molecule has 150 valence electrons. The Hall–Kier alpha value is -2.79. The predicted octanol–water partition coefficient (Wildman–Crippen LogP) is 3.28. The molecule has 11 heteroatoms. The van der Waals surface area contributed by atoms with Crippen LogP contribution in [-0.2, 0) is 15.0 Å². The van der Waals surface area contributed by atoms with Crippen molar-refractivity contribution in [3.8, 4) is 0 Å². The van der Waals surface area contributed by atoms with Gasteiger partial charge in [0.15, 0.2) is 11.6 Å². The quantitative estimate of drug-likeness (QED) is 0.798. The summed E-state index contributed by atoms with van der Waals surface area (Å²) < 4.78 is 40.6. The number of halogens is 2. The lowest BCUT2D eigenvalue weighted by atomic mass is 9.78. The van der Waals surface area contributed by atoms with Gasteiger partial charge >= 0.3 is 7.12 Å². The predicted molar refractivity (Wildman–Crippen MR) is 101 cm³/mol. The summed E-state index contributed by atoms with van der Waals surface area (Å²) in [6, 6.07) is 5.29. The van der Waals surface area contributed by atoms with Crippen molar-refractivity contribution in [2.75, 3.05) is 5.73 Å². The largest absolute Gasteiger partial charge is 0.496 e. The third-order valence-electron chi connectivity index (χ3n) is 5.59. The fourth-order valence-corrected chi connectivity index (χ4v) is 3.20. The molecule has 4 rings (SSSR count). The number of rotatable bonds is 3. The first-order chi connectivity index (χ1) is 13.6. The number of pyridine rings is 1. The summed E-state index contributed by atoms with van der Waals surface area (Å²) in [6.07, 6.45) is 1.50. The van der Waals surface area contributed by atoms with E-state index in [1.165, 1.54) is 18.3 Å². The van der Waals surface area contributed by atoms with Gasteiger partial charge in [0.2, 0.25) is 0 Å². The topological polar surface area (TPSA) is 107 Å². The monoisotopic (exact) mass is 400 g/mol. The number of benzene rings is 1. The number of aromatic nitrogens is 1. The molecule has 0 radical (unpaired) electrons. The van der Waals surface area contributed by atoms with Gasteiger partial charge in [-0.05, 0) is 50.3 Å². The van der Waals surface area contributed by atoms with Gasteiger partial charge in [0, 0.05) is 17.2 Å². The molecule has 2 N–H and O–H groups in total. The van der Waals surface area contributed by atoms with Gasteiger partial charge in [0.05, 0.1) is 16.8 Å². The van der Waals surface area contributed by atoms with E-state index in [1.54, 1.807) is 6.07 Å². The van der Waals surface area contributed by atoms with E-state index in [1.807, 2.05) is 27.7 Å². The molecule has 0 atom stereocenters. The van der Waals surface area contributed by atoms with Crippen LogP contribution in [0.5, 0.6) is 0 Å². The first kappa shape index (κ1) is 19.5. The number of nitrogens with zero attached hydrogens (tertiary/aromatic N) is 5. The van der Waals surface area contributed by atoms with Gasteiger partial charge in [-0.1, -0.05) is 12.1 Å². The fraction of sp³-hybridized carbons (Fsp3) is 0.389. The van der Waals surface area contributed by atoms with Crippen LogP contribution in [0, 0.1) is 11.6 Å². The lowest BCUT2D eigenvalue weighted by Gasteiger charge is -2.32. The fourth-order valence-electron chi connectivity index (χ4n) is 3.20. The highest BCUT2D eigenvalue weighted by molar-refractivity contribution is 6.62. The van der Waals surface area contributed by atoms with E-state index in [0.29, 0.717) is 5.46 Å². The van der Waals surface area contributed by atoms with Gasteiger partial charge in [0.1, 0.15) is 5.82 Å². The molecule has 0 spiro atoms. The van der Waals surface area contributed by atoms with Gasteiger partial charge in [-0.15, -0.1) is 10.2 Å². The number of hydrogen-bond donors (Lipinski definition) is 1. The maximum atomic E-state index is 14.6. The lowest BCUT2D eigenvalue weighted by Crippen LogP contribution is -2.41. The van der Waals surface area contributed by atoms with Crippen molar-refractivity contribution in [1.82, 2.24) is 4.98 Å². The average molecular weight is 400 g/mol. The summed E-state index contributed by atoms with van der Waals surface area (Å²) in [6.45, 7) is 7.67. The average Bonchev–Trinajstić information content (AvgIpc) is 3.21. The first-order valence-corrected chi connectivity index (χ1v) is 8.97. The zero-order valence-electron chi connectivity index (χ0n) is 16.3. The Morgan fingerprint density at radius 3 is 2.21 bits per heavy atom. The second-order valence-electron chi connectivity index (χ2n) is 7.94. The summed E-state index contributed by atoms with van der Waals surface area (Å²) in [5.74, 6) is -2.14. The number of nitrogens with two attached hydrogens (primary N) is 1. The number of anilines is 1. The minimum absolute atomic E-state index is 0.0220. The minimum Gasteiger partial charge on any atom is -0.399 e. The second kappa shape index (κ2) is 6.36. The van der Waals surface area contributed by atoms with E-state index in [-0.39, 0.29) is 16.9 Å². The standard InChI is InChI=1S/C18H19BF2N6O2/c1-16(2)17(3,4)29-19(28-16)10-8-12(15(22)23-9-10)18(24-26-27-25-18)11-6-5-7-13(20)14(11)21/h5-9H,1-4H3,(H2,22,23). The van der Waals surface area contributed by atoms with Crippen LogP contribution < -0.4 is 11.2 Å². The maximum absolute atomic E-state index is 14.6. The molecule has 0 bridgehead atoms. The van der Waals surface area contributed by atoms with Gasteiger partial charge in [0.25, 0.3) is 5.66 Å². The number of nitrogen functional groups attached to an aromatic ring is 1. The number of hydrogen-bond acceptors (Lipinski definition) is 8. The van der Waals surface area contributed by atoms with Crippen LogP contribution in [0.2, 0.25) is 0 Å². The van der Waals surface area contributed by atoms with E-state index >= 15 is 0 Å². The second-order valence-corrected chi connectivity index (χ2v) is 7.94. The summed E-state index contributed by atoms with van der Waals surface area (Å²) >= 11 is 0. The van der Waals surface area contributed by atoms with Crippen molar-refractivity contribution < 1.29 is 18.1 Å². The van der Waals surface area contributed by atoms with Crippen molar-refractivity contribution in [2.24, 2.45) is 20.7 Å². The van der Waals surface area contributed by atoms with Crippen LogP contribution in [0.4, 0.5) is 14.6 Å². The van der Waals surface area contributed by atoms with Crippen molar-refractivity contribution in [1.29, 1.82) is 0 Å². The molecule has 0 aliphatic carbocycles. The third kappa shape index (κ3) is 2.92. The van der Waals surface area contributed by atoms with Crippen molar-refractivity contribution in [3.63, 3.8) is 0 Å². The van der Waals surface area contributed by atoms with Crippen molar-refractivity contribution in [3.05, 3.63) is 53.2 Å². The molecule has 0 unspecified atom stereocenters. The molecule has 1 aromatic heterocycles. The van der Waals surface area contributed by atoms with E-state index in [0.717, 1.165) is 6.07 Å². The van der Waals surface area contributed by atoms with Gasteiger partial charge < -0.3 is 15.0 Å². The minimum atomic E-state index is -1.79. The Labute approximate surface area is 166 Å². The lowest BCUT2D eigenvalue weighted by molar-refractivity contribution is 0.00578. The highest BCUT2D eigenvalue weighted by atomic mass is 19.2. The van der Waals surface area contributed by atoms with Crippen LogP contribution in [0.15, 0.2) is 51.1 Å². The van der Waals surface area contributed by atoms with E-state index in [9.17, 15) is 8.78 Å². The summed E-state index contributed by atoms with van der Waals surface area (Å²) in [5.41, 5.74) is 3.69. The molecule has 1 fully saturated rings. The molecule has 2 aliphatic rings. The molecular weight excluding hydrogens is 381 g/mol. The molecule has 2 aliphatic heterocycles. The first-order valence-electron chi connectivity index (χ1n) is 8.97. The molecule has 1 aromatic carbocycles. The van der Waals surface area contributed by atoms with Gasteiger partial charge in [-0.2, -0.15) is 0 Å². The van der Waals surface area contributed by atoms with E-state index < -0.39 is 35.6 Å². The van der Waals surface area contributed by atoms with Crippen molar-refractivity contribution >= 4 is 18.4 Å². The zero-order valence-corrected chi connectivity index (χ0v) is 16.3. The SMILES string of the molecule is CC1(C)OB(c2cnc(N)c(C3(c4cccc(F)c4F)N=NN=N3)c2)OC1(C)C. The van der Waals surface area contributed by atoms with Crippen molar-refractivity contribution in [2.45, 2.75) is 44.6 Å². The Morgan fingerprint density at radius 2 is 1.59 bits per heavy atom. The Balaban J connectivity index is 1.85. The highest BCUT2D eigenvalue weighted by Crippen LogP contribution is 2.43. The molecule has 29 heavy (non-hydrogen) atoms. The summed E-state index contributed by atoms with van der Waals surface area (Å²) in [4.78, 5) is 4.18. The third-order valence-corrected chi connectivity index (χ3v) is 5.59. The normalized spacial score (nSPS) is 21.1. The summed E-state index contributed by atoms with van der Waals surface area (Å²) in [5, 5.41) is 15.0. The molecule has 8 nitrogen and oxygen atoms in total. The van der Waals surface area contributed by atoms with Crippen LogP contribution in [0.3, 0.4) is 0 Å². The van der Waals surface area contributed by atoms with Crippen LogP contribution in [0.1, 0.15) is 38.8 Å². The highest BCUT2D eigenvalue weighted by Gasteiger charge is 2.52. The molecule has 2 aromatic rings. The molecule has 0 saturated carbocycles. The molecular formula is C18H19BF2N6O2. The van der Waals surface area contributed by atoms with Crippen LogP contribution >= 0.6 is 0 Å². The van der Waals surface area contributed by atoms with Gasteiger partial charge in [-0.25, -0.2) is 13.8 Å². The Kier molecular flexibility index (Phi) is 4.28. The molecule has 0 amide bonds. The summed E-state index contributed by atoms with van der Waals surface area (Å²) in [7, 11) is -0.739. The molecule has 3 heterocycles. The Bertz CT molecular complexity index is 1020. The smallest absolute Gasteiger partial charge is 0.399 e. The van der Waals surface area contributed by atoms with E-state index in [4.69, 9.17) is 15.0 Å². The van der Waals surface area contributed by atoms with Crippen LogP contribution in [0.25, 0.3) is 0 Å². The van der Waals surface area contributed by atoms with Crippen LogP contribution in [-0.4, -0.2) is 23.3 Å².